The fraction of sp³-hybridized carbons (Fsp3) is 0. The van der Waals surface area contributed by atoms with E-state index in [4.69, 9.17) is 10.0 Å². The normalized spacial score (nSPS) is 7.63. The van der Waals surface area contributed by atoms with Crippen molar-refractivity contribution in [1.29, 1.82) is 0 Å². The van der Waals surface area contributed by atoms with E-state index < -0.39 is 0 Å². The first-order chi connectivity index (χ1) is 13.4. The molecule has 0 amide bonds. The number of rotatable bonds is 0. The van der Waals surface area contributed by atoms with Crippen molar-refractivity contribution in [2.45, 2.75) is 0 Å². The molecule has 0 atom stereocenters. The summed E-state index contributed by atoms with van der Waals surface area (Å²) in [6, 6.07) is 22.9. The minimum Gasteiger partial charge on any atom is -0.429 e. The summed E-state index contributed by atoms with van der Waals surface area (Å²) in [6.07, 6.45) is 14.0. The van der Waals surface area contributed by atoms with Gasteiger partial charge in [0.2, 0.25) is 0 Å². The van der Waals surface area contributed by atoms with Gasteiger partial charge in [-0.05, 0) is 48.5 Å². The van der Waals surface area contributed by atoms with Crippen LogP contribution in [0.15, 0.2) is 122 Å². The molecule has 0 spiro atoms. The first-order valence-corrected chi connectivity index (χ1v) is 7.92. The van der Waals surface area contributed by atoms with E-state index in [9.17, 15) is 0 Å². The SMILES string of the molecule is O[B]O.c1ccncc1.c1ccncc1.c1ccncc1.c1ccncc1. The molecule has 4 aromatic rings. The van der Waals surface area contributed by atoms with Gasteiger partial charge in [0, 0.05) is 49.6 Å². The van der Waals surface area contributed by atoms with Crippen LogP contribution < -0.4 is 0 Å². The molecule has 137 valence electrons. The lowest BCUT2D eigenvalue weighted by molar-refractivity contribution is 0.448. The fourth-order valence-electron chi connectivity index (χ4n) is 1.25. The topological polar surface area (TPSA) is 92.0 Å². The number of hydrogen-bond donors (Lipinski definition) is 2. The van der Waals surface area contributed by atoms with Gasteiger partial charge in [-0.2, -0.15) is 0 Å². The largest absolute Gasteiger partial charge is 0.482 e. The molecular formula is C20H22BN4O2. The summed E-state index contributed by atoms with van der Waals surface area (Å²) in [5.74, 6) is 0. The molecule has 4 rings (SSSR count). The first-order valence-electron chi connectivity index (χ1n) is 7.92. The van der Waals surface area contributed by atoms with Gasteiger partial charge >= 0.3 is 7.69 Å². The molecule has 0 aliphatic rings. The van der Waals surface area contributed by atoms with Crippen LogP contribution in [0.2, 0.25) is 0 Å². The summed E-state index contributed by atoms with van der Waals surface area (Å²) >= 11 is 0. The summed E-state index contributed by atoms with van der Waals surface area (Å²) in [7, 11) is 0. The van der Waals surface area contributed by atoms with Crippen molar-refractivity contribution in [3.05, 3.63) is 122 Å². The molecule has 4 aromatic heterocycles. The van der Waals surface area contributed by atoms with Crippen LogP contribution in [-0.2, 0) is 0 Å². The van der Waals surface area contributed by atoms with Crippen LogP contribution in [0, 0.1) is 0 Å². The van der Waals surface area contributed by atoms with Crippen LogP contribution >= 0.6 is 0 Å². The molecule has 7 heteroatoms. The average Bonchev–Trinajstić information content (AvgIpc) is 2.80. The predicted octanol–water partition coefficient (Wildman–Crippen LogP) is 2.83. The van der Waals surface area contributed by atoms with E-state index in [-0.39, 0.29) is 7.69 Å². The molecule has 0 unspecified atom stereocenters. The lowest BCUT2D eigenvalue weighted by atomic mass is 10.5. The molecule has 4 heterocycles. The molecule has 0 saturated carbocycles. The zero-order valence-corrected chi connectivity index (χ0v) is 14.8. The molecule has 0 saturated heterocycles. The van der Waals surface area contributed by atoms with Crippen LogP contribution in [0.4, 0.5) is 0 Å². The third-order valence-corrected chi connectivity index (χ3v) is 2.27. The Bertz CT molecular complexity index is 461. The lowest BCUT2D eigenvalue weighted by Gasteiger charge is -1.70. The highest BCUT2D eigenvalue weighted by Crippen LogP contribution is 1.75. The fourth-order valence-corrected chi connectivity index (χ4v) is 1.25. The Morgan fingerprint density at radius 2 is 0.481 bits per heavy atom. The summed E-state index contributed by atoms with van der Waals surface area (Å²) in [6.45, 7) is 0. The van der Waals surface area contributed by atoms with E-state index in [1.165, 1.54) is 0 Å². The molecule has 0 aliphatic carbocycles. The predicted molar refractivity (Wildman–Crippen MR) is 107 cm³/mol. The second-order valence-electron chi connectivity index (χ2n) is 4.21. The molecular weight excluding hydrogens is 339 g/mol. The van der Waals surface area contributed by atoms with Crippen molar-refractivity contribution in [3.63, 3.8) is 0 Å². The summed E-state index contributed by atoms with van der Waals surface area (Å²) in [5.41, 5.74) is 0. The Balaban J connectivity index is 0.000000319. The van der Waals surface area contributed by atoms with Crippen molar-refractivity contribution in [2.75, 3.05) is 0 Å². The van der Waals surface area contributed by atoms with E-state index in [0.29, 0.717) is 0 Å². The second kappa shape index (κ2) is 22.6. The average molecular weight is 361 g/mol. The third-order valence-electron chi connectivity index (χ3n) is 2.27. The zero-order valence-electron chi connectivity index (χ0n) is 14.8. The van der Waals surface area contributed by atoms with Crippen molar-refractivity contribution in [2.24, 2.45) is 0 Å². The monoisotopic (exact) mass is 361 g/mol. The van der Waals surface area contributed by atoms with E-state index in [2.05, 4.69) is 19.9 Å². The van der Waals surface area contributed by atoms with Gasteiger partial charge in [0.15, 0.2) is 0 Å². The second-order valence-corrected chi connectivity index (χ2v) is 4.21. The Kier molecular flexibility index (Phi) is 19.7. The quantitative estimate of drug-likeness (QED) is 0.468. The summed E-state index contributed by atoms with van der Waals surface area (Å²) in [5, 5.41) is 14.0. The van der Waals surface area contributed by atoms with Crippen LogP contribution in [0.5, 0.6) is 0 Å². The van der Waals surface area contributed by atoms with E-state index >= 15 is 0 Å². The number of pyridine rings is 4. The zero-order chi connectivity index (χ0) is 19.7. The van der Waals surface area contributed by atoms with Crippen LogP contribution in [0.1, 0.15) is 0 Å². The summed E-state index contributed by atoms with van der Waals surface area (Å²) < 4.78 is 0. The molecule has 0 bridgehead atoms. The van der Waals surface area contributed by atoms with Gasteiger partial charge in [-0.3, -0.25) is 19.9 Å². The molecule has 6 nitrogen and oxygen atoms in total. The molecule has 0 aromatic carbocycles. The molecule has 2 N–H and O–H groups in total. The maximum Gasteiger partial charge on any atom is 0.482 e. The van der Waals surface area contributed by atoms with E-state index in [0.717, 1.165) is 0 Å². The van der Waals surface area contributed by atoms with Crippen LogP contribution in [-0.4, -0.2) is 37.7 Å². The Morgan fingerprint density at radius 3 is 0.519 bits per heavy atom. The maximum atomic E-state index is 7.00. The molecule has 1 radical (unpaired) electrons. The number of aromatic nitrogens is 4. The van der Waals surface area contributed by atoms with Gasteiger partial charge in [-0.25, -0.2) is 0 Å². The van der Waals surface area contributed by atoms with Gasteiger partial charge in [0.25, 0.3) is 0 Å². The van der Waals surface area contributed by atoms with Crippen molar-refractivity contribution in [1.82, 2.24) is 19.9 Å². The van der Waals surface area contributed by atoms with Gasteiger partial charge in [0.05, 0.1) is 0 Å². The Morgan fingerprint density at radius 1 is 0.333 bits per heavy atom. The Hall–Kier alpha value is -3.42. The number of nitrogens with zero attached hydrogens (tertiary/aromatic N) is 4. The van der Waals surface area contributed by atoms with Crippen molar-refractivity contribution < 1.29 is 10.0 Å². The summed E-state index contributed by atoms with van der Waals surface area (Å²) in [4.78, 5) is 15.1. The first kappa shape index (κ1) is 23.6. The highest BCUT2D eigenvalue weighted by atomic mass is 16.4. The standard InChI is InChI=1S/4C5H5N.BH2O2/c4*1-2-4-6-5-3-1;2-1-3/h4*1-5H;2-3H. The minimum atomic E-state index is 0. The molecule has 0 aliphatic heterocycles. The highest BCUT2D eigenvalue weighted by Gasteiger charge is 1.60. The lowest BCUT2D eigenvalue weighted by Crippen LogP contribution is -1.75. The van der Waals surface area contributed by atoms with E-state index in [1.807, 2.05) is 72.8 Å². The van der Waals surface area contributed by atoms with Gasteiger partial charge in [-0.15, -0.1) is 0 Å². The van der Waals surface area contributed by atoms with Gasteiger partial charge in [0.1, 0.15) is 0 Å². The Labute approximate surface area is 160 Å². The molecule has 0 fully saturated rings. The maximum absolute atomic E-state index is 7.00. The van der Waals surface area contributed by atoms with Gasteiger partial charge < -0.3 is 10.0 Å². The third kappa shape index (κ3) is 22.6. The van der Waals surface area contributed by atoms with Crippen LogP contribution in [0.3, 0.4) is 0 Å². The van der Waals surface area contributed by atoms with Crippen LogP contribution in [0.25, 0.3) is 0 Å². The molecule has 27 heavy (non-hydrogen) atoms. The minimum absolute atomic E-state index is 0. The van der Waals surface area contributed by atoms with Crippen molar-refractivity contribution in [3.8, 4) is 0 Å². The van der Waals surface area contributed by atoms with Crippen molar-refractivity contribution >= 4 is 7.69 Å². The van der Waals surface area contributed by atoms with E-state index in [1.54, 1.807) is 49.6 Å². The number of hydrogen-bond acceptors (Lipinski definition) is 6. The highest BCUT2D eigenvalue weighted by molar-refractivity contribution is 6.13. The van der Waals surface area contributed by atoms with Gasteiger partial charge in [-0.1, -0.05) is 24.3 Å². The smallest absolute Gasteiger partial charge is 0.429 e.